The molecule has 0 aliphatic rings. The molecule has 0 saturated heterocycles. The van der Waals surface area contributed by atoms with Gasteiger partial charge in [0.15, 0.2) is 5.65 Å². The van der Waals surface area contributed by atoms with Gasteiger partial charge in [-0.15, -0.1) is 13.2 Å². The van der Waals surface area contributed by atoms with Crippen molar-refractivity contribution in [1.82, 2.24) is 9.97 Å². The summed E-state index contributed by atoms with van der Waals surface area (Å²) < 4.78 is 0. The lowest BCUT2D eigenvalue weighted by molar-refractivity contribution is -0.117. The van der Waals surface area contributed by atoms with Crippen LogP contribution in [0.5, 0.6) is 0 Å². The number of nitrogens with one attached hydrogen (secondary N) is 2. The number of carbonyl (C=O) groups is 2. The second kappa shape index (κ2) is 18.3. The molecule has 6 nitrogen and oxygen atoms in total. The monoisotopic (exact) mass is 492 g/mol. The Balaban J connectivity index is 1.71. The smallest absolute Gasteiger partial charge is 0.225 e. The highest BCUT2D eigenvalue weighted by Gasteiger charge is 2.08. The number of allylic oxidation sites excluding steroid dienone is 2. The van der Waals surface area contributed by atoms with Gasteiger partial charge >= 0.3 is 0 Å². The number of hydrogen-bond donors (Lipinski definition) is 2. The molecule has 0 saturated carbocycles. The van der Waals surface area contributed by atoms with Gasteiger partial charge in [0.2, 0.25) is 11.8 Å². The molecule has 6 heteroatoms. The van der Waals surface area contributed by atoms with Gasteiger partial charge in [0.05, 0.1) is 0 Å². The molecular formula is C30H44N4O2. The normalized spacial score (nSPS) is 10.8. The van der Waals surface area contributed by atoms with Crippen molar-refractivity contribution in [3.63, 3.8) is 0 Å². The number of pyridine rings is 2. The molecule has 0 unspecified atom stereocenters. The summed E-state index contributed by atoms with van der Waals surface area (Å²) in [5, 5.41) is 6.61. The third-order valence-electron chi connectivity index (χ3n) is 6.21. The molecule has 0 aromatic carbocycles. The average molecular weight is 493 g/mol. The summed E-state index contributed by atoms with van der Waals surface area (Å²) in [6.45, 7) is 7.49. The van der Waals surface area contributed by atoms with Gasteiger partial charge in [-0.1, -0.05) is 63.5 Å². The molecule has 2 rings (SSSR count). The first kappa shape index (κ1) is 29.2. The van der Waals surface area contributed by atoms with Gasteiger partial charge in [-0.2, -0.15) is 0 Å². The Bertz CT molecular complexity index is 884. The summed E-state index contributed by atoms with van der Waals surface area (Å²) in [7, 11) is 0. The molecule has 0 aliphatic carbocycles. The van der Waals surface area contributed by atoms with E-state index in [2.05, 4.69) is 33.8 Å². The summed E-state index contributed by atoms with van der Waals surface area (Å²) in [6.07, 6.45) is 20.6. The van der Waals surface area contributed by atoms with Crippen molar-refractivity contribution in [2.45, 2.75) is 103 Å². The molecule has 2 aromatic rings. The van der Waals surface area contributed by atoms with E-state index in [1.165, 1.54) is 38.5 Å². The van der Waals surface area contributed by atoms with Crippen molar-refractivity contribution in [3.8, 4) is 0 Å². The predicted molar refractivity (Wildman–Crippen MR) is 151 cm³/mol. The highest BCUT2D eigenvalue weighted by molar-refractivity contribution is 5.92. The maximum atomic E-state index is 12.3. The van der Waals surface area contributed by atoms with E-state index >= 15 is 0 Å². The van der Waals surface area contributed by atoms with Gasteiger partial charge in [0.1, 0.15) is 11.6 Å². The summed E-state index contributed by atoms with van der Waals surface area (Å²) in [5.41, 5.74) is 0.504. The van der Waals surface area contributed by atoms with E-state index in [-0.39, 0.29) is 11.8 Å². The van der Waals surface area contributed by atoms with Crippen LogP contribution in [0, 0.1) is 0 Å². The molecular weight excluding hydrogens is 448 g/mol. The molecule has 196 valence electrons. The molecule has 0 radical (unpaired) electrons. The minimum Gasteiger partial charge on any atom is -0.311 e. The number of hydrogen-bond acceptors (Lipinski definition) is 4. The van der Waals surface area contributed by atoms with Gasteiger partial charge in [-0.05, 0) is 62.8 Å². The van der Waals surface area contributed by atoms with Gasteiger partial charge in [0, 0.05) is 18.2 Å². The lowest BCUT2D eigenvalue weighted by Crippen LogP contribution is -2.13. The zero-order valence-corrected chi connectivity index (χ0v) is 21.9. The molecule has 0 aliphatic heterocycles. The fourth-order valence-corrected chi connectivity index (χ4v) is 4.11. The Hall–Kier alpha value is -3.02. The molecule has 0 atom stereocenters. The minimum absolute atomic E-state index is 0.0290. The fourth-order valence-electron chi connectivity index (χ4n) is 4.11. The Morgan fingerprint density at radius 1 is 0.611 bits per heavy atom. The first-order chi connectivity index (χ1) is 17.6. The third kappa shape index (κ3) is 12.6. The Labute approximate surface area is 217 Å². The maximum absolute atomic E-state index is 12.3. The van der Waals surface area contributed by atoms with Crippen LogP contribution in [0.1, 0.15) is 103 Å². The molecule has 0 bridgehead atoms. The predicted octanol–water partition coefficient (Wildman–Crippen LogP) is 8.12. The van der Waals surface area contributed by atoms with Crippen molar-refractivity contribution in [3.05, 3.63) is 49.6 Å². The van der Waals surface area contributed by atoms with Crippen LogP contribution in [0.3, 0.4) is 0 Å². The average Bonchev–Trinajstić information content (AvgIpc) is 2.87. The topological polar surface area (TPSA) is 84.0 Å². The van der Waals surface area contributed by atoms with Crippen molar-refractivity contribution in [1.29, 1.82) is 0 Å². The van der Waals surface area contributed by atoms with Gasteiger partial charge < -0.3 is 10.6 Å². The van der Waals surface area contributed by atoms with Crippen LogP contribution >= 0.6 is 0 Å². The SMILES string of the molecule is C=CCCCCCCCCC(=O)Nc1ccc2ccc(NC(=O)CCCCCCCCC=C)nc2n1. The highest BCUT2D eigenvalue weighted by Crippen LogP contribution is 2.17. The first-order valence-corrected chi connectivity index (χ1v) is 13.7. The minimum atomic E-state index is -0.0290. The van der Waals surface area contributed by atoms with E-state index in [9.17, 15) is 9.59 Å². The highest BCUT2D eigenvalue weighted by atomic mass is 16.2. The van der Waals surface area contributed by atoms with Crippen molar-refractivity contribution >= 4 is 34.5 Å². The number of amides is 2. The van der Waals surface area contributed by atoms with Gasteiger partial charge in [-0.3, -0.25) is 9.59 Å². The summed E-state index contributed by atoms with van der Waals surface area (Å²) in [4.78, 5) is 33.6. The first-order valence-electron chi connectivity index (χ1n) is 13.7. The fraction of sp³-hybridized carbons (Fsp3) is 0.533. The van der Waals surface area contributed by atoms with E-state index in [4.69, 9.17) is 0 Å². The van der Waals surface area contributed by atoms with Crippen LogP contribution in [-0.4, -0.2) is 21.8 Å². The number of unbranched alkanes of at least 4 members (excludes halogenated alkanes) is 12. The second-order valence-electron chi connectivity index (χ2n) is 9.43. The second-order valence-corrected chi connectivity index (χ2v) is 9.43. The third-order valence-corrected chi connectivity index (χ3v) is 6.21. The van der Waals surface area contributed by atoms with E-state index < -0.39 is 0 Å². The lowest BCUT2D eigenvalue weighted by Gasteiger charge is -2.08. The molecule has 2 aromatic heterocycles. The van der Waals surface area contributed by atoms with Crippen LogP contribution in [0.15, 0.2) is 49.6 Å². The van der Waals surface area contributed by atoms with Gasteiger partial charge in [0.25, 0.3) is 0 Å². The molecule has 2 N–H and O–H groups in total. The Kier molecular flexibility index (Phi) is 14.8. The van der Waals surface area contributed by atoms with Crippen LogP contribution < -0.4 is 10.6 Å². The van der Waals surface area contributed by atoms with E-state index in [0.717, 1.165) is 56.8 Å². The van der Waals surface area contributed by atoms with Crippen LogP contribution in [0.2, 0.25) is 0 Å². The molecule has 2 heterocycles. The largest absolute Gasteiger partial charge is 0.311 e. The zero-order chi connectivity index (χ0) is 25.8. The lowest BCUT2D eigenvalue weighted by atomic mass is 10.1. The molecule has 0 fully saturated rings. The number of nitrogens with zero attached hydrogens (tertiary/aromatic N) is 2. The summed E-state index contributed by atoms with van der Waals surface area (Å²) in [5.74, 6) is 0.916. The van der Waals surface area contributed by atoms with Crippen molar-refractivity contribution < 1.29 is 9.59 Å². The molecule has 36 heavy (non-hydrogen) atoms. The Morgan fingerprint density at radius 2 is 1.00 bits per heavy atom. The number of anilines is 2. The van der Waals surface area contributed by atoms with Crippen LogP contribution in [0.4, 0.5) is 11.6 Å². The van der Waals surface area contributed by atoms with E-state index in [1.54, 1.807) is 12.1 Å². The van der Waals surface area contributed by atoms with E-state index in [1.807, 2.05) is 24.3 Å². The van der Waals surface area contributed by atoms with Crippen LogP contribution in [0.25, 0.3) is 11.0 Å². The Morgan fingerprint density at radius 3 is 1.42 bits per heavy atom. The molecule has 2 amide bonds. The maximum Gasteiger partial charge on any atom is 0.225 e. The van der Waals surface area contributed by atoms with Crippen LogP contribution in [-0.2, 0) is 9.59 Å². The zero-order valence-electron chi connectivity index (χ0n) is 21.9. The number of fused-ring (bicyclic) bond motifs is 1. The number of rotatable bonds is 20. The van der Waals surface area contributed by atoms with Crippen molar-refractivity contribution in [2.24, 2.45) is 0 Å². The standard InChI is InChI=1S/C30H44N4O2/c1-3-5-7-9-11-13-15-17-19-28(35)31-26-23-21-25-22-24-27(34-30(25)33-26)32-29(36)20-18-16-14-12-10-8-6-4-2/h3-4,21-24H,1-2,5-20H2,(H2,31,32,33,34,35,36). The number of carbonyl (C=O) groups excluding carboxylic acids is 2. The quantitative estimate of drug-likeness (QED) is 0.144. The van der Waals surface area contributed by atoms with E-state index in [0.29, 0.717) is 30.1 Å². The van der Waals surface area contributed by atoms with Gasteiger partial charge in [-0.25, -0.2) is 9.97 Å². The number of aromatic nitrogens is 2. The summed E-state index contributed by atoms with van der Waals surface area (Å²) >= 11 is 0. The molecule has 0 spiro atoms. The van der Waals surface area contributed by atoms with Crippen molar-refractivity contribution in [2.75, 3.05) is 10.6 Å². The summed E-state index contributed by atoms with van der Waals surface area (Å²) in [6, 6.07) is 7.35.